The molecule has 0 saturated heterocycles. The van der Waals surface area contributed by atoms with Crippen molar-refractivity contribution in [1.82, 2.24) is 4.90 Å². The first-order valence-electron chi connectivity index (χ1n) is 9.42. The SMILES string of the molecule is CCC(CC)N(CCOC)C(=O)Cc1ccc(NC(=O)c2ccc(Br)o2)cc1. The average molecular weight is 451 g/mol. The number of nitrogens with one attached hydrogen (secondary N) is 1. The molecule has 2 aromatic rings. The van der Waals surface area contributed by atoms with Gasteiger partial charge in [-0.3, -0.25) is 9.59 Å². The lowest BCUT2D eigenvalue weighted by Crippen LogP contribution is -2.42. The zero-order valence-corrected chi connectivity index (χ0v) is 18.1. The number of hydrogen-bond donors (Lipinski definition) is 1. The fraction of sp³-hybridized carbons (Fsp3) is 0.429. The molecule has 0 aliphatic heterocycles. The van der Waals surface area contributed by atoms with E-state index >= 15 is 0 Å². The van der Waals surface area contributed by atoms with E-state index in [0.717, 1.165) is 18.4 Å². The van der Waals surface area contributed by atoms with Crippen LogP contribution in [0, 0.1) is 0 Å². The van der Waals surface area contributed by atoms with E-state index < -0.39 is 0 Å². The Labute approximate surface area is 174 Å². The van der Waals surface area contributed by atoms with Gasteiger partial charge in [0.15, 0.2) is 10.4 Å². The van der Waals surface area contributed by atoms with Gasteiger partial charge in [0.25, 0.3) is 5.91 Å². The van der Waals surface area contributed by atoms with E-state index in [9.17, 15) is 9.59 Å². The van der Waals surface area contributed by atoms with Crippen molar-refractivity contribution in [1.29, 1.82) is 0 Å². The molecular formula is C21H27BrN2O4. The van der Waals surface area contributed by atoms with E-state index in [1.165, 1.54) is 0 Å². The monoisotopic (exact) mass is 450 g/mol. The van der Waals surface area contributed by atoms with Crippen LogP contribution < -0.4 is 5.32 Å². The van der Waals surface area contributed by atoms with Crippen LogP contribution in [0.15, 0.2) is 45.5 Å². The predicted octanol–water partition coefficient (Wildman–Crippen LogP) is 4.50. The molecule has 1 aromatic carbocycles. The molecule has 0 saturated carbocycles. The highest BCUT2D eigenvalue weighted by Gasteiger charge is 2.21. The molecule has 2 rings (SSSR count). The smallest absolute Gasteiger partial charge is 0.291 e. The van der Waals surface area contributed by atoms with E-state index in [0.29, 0.717) is 29.9 Å². The summed E-state index contributed by atoms with van der Waals surface area (Å²) in [6.45, 7) is 5.30. The Morgan fingerprint density at radius 3 is 2.36 bits per heavy atom. The lowest BCUT2D eigenvalue weighted by Gasteiger charge is -2.30. The van der Waals surface area contributed by atoms with E-state index in [1.807, 2.05) is 17.0 Å². The van der Waals surface area contributed by atoms with Crippen LogP contribution in [0.4, 0.5) is 5.69 Å². The van der Waals surface area contributed by atoms with Crippen LogP contribution in [0.1, 0.15) is 42.8 Å². The van der Waals surface area contributed by atoms with Crippen molar-refractivity contribution in [2.75, 3.05) is 25.6 Å². The first-order valence-corrected chi connectivity index (χ1v) is 10.2. The van der Waals surface area contributed by atoms with E-state index in [4.69, 9.17) is 9.15 Å². The molecule has 0 aliphatic rings. The summed E-state index contributed by atoms with van der Waals surface area (Å²) in [7, 11) is 1.64. The Morgan fingerprint density at radius 1 is 1.14 bits per heavy atom. The Balaban J connectivity index is 1.99. The number of nitrogens with zero attached hydrogens (tertiary/aromatic N) is 1. The molecule has 6 nitrogen and oxygen atoms in total. The van der Waals surface area contributed by atoms with E-state index in [2.05, 4.69) is 35.1 Å². The third kappa shape index (κ3) is 6.21. The zero-order chi connectivity index (χ0) is 20.5. The van der Waals surface area contributed by atoms with Gasteiger partial charge in [-0.2, -0.15) is 0 Å². The van der Waals surface area contributed by atoms with Crippen molar-refractivity contribution in [2.24, 2.45) is 0 Å². The van der Waals surface area contributed by atoms with Crippen LogP contribution in [0.2, 0.25) is 0 Å². The van der Waals surface area contributed by atoms with Gasteiger partial charge in [-0.1, -0.05) is 26.0 Å². The molecule has 0 atom stereocenters. The minimum Gasteiger partial charge on any atom is -0.444 e. The first kappa shape index (κ1) is 22.2. The number of methoxy groups -OCH3 is 1. The number of anilines is 1. The van der Waals surface area contributed by atoms with Gasteiger partial charge < -0.3 is 19.4 Å². The van der Waals surface area contributed by atoms with Crippen LogP contribution in [0.5, 0.6) is 0 Å². The standard InChI is InChI=1S/C21H27BrN2O4/c1-4-17(5-2)24(12-13-27-3)20(25)14-15-6-8-16(9-7-15)23-21(26)18-10-11-19(22)28-18/h6-11,17H,4-5,12-14H2,1-3H3,(H,23,26). The van der Waals surface area contributed by atoms with Gasteiger partial charge in [0.05, 0.1) is 13.0 Å². The van der Waals surface area contributed by atoms with E-state index in [-0.39, 0.29) is 23.6 Å². The number of carbonyl (C=O) groups excluding carboxylic acids is 2. The second-order valence-electron chi connectivity index (χ2n) is 6.48. The van der Waals surface area contributed by atoms with Gasteiger partial charge >= 0.3 is 0 Å². The molecule has 0 spiro atoms. The number of furan rings is 1. The fourth-order valence-electron chi connectivity index (χ4n) is 3.04. The average Bonchev–Trinajstić information content (AvgIpc) is 3.13. The predicted molar refractivity (Wildman–Crippen MR) is 112 cm³/mol. The third-order valence-electron chi connectivity index (χ3n) is 4.60. The molecule has 0 aliphatic carbocycles. The number of carbonyl (C=O) groups is 2. The van der Waals surface area contributed by atoms with Crippen LogP contribution in [-0.2, 0) is 16.0 Å². The van der Waals surface area contributed by atoms with Gasteiger partial charge in [0.1, 0.15) is 0 Å². The summed E-state index contributed by atoms with van der Waals surface area (Å²) in [6, 6.07) is 10.8. The lowest BCUT2D eigenvalue weighted by molar-refractivity contribution is -0.133. The normalized spacial score (nSPS) is 10.9. The van der Waals surface area contributed by atoms with Gasteiger partial charge in [0.2, 0.25) is 5.91 Å². The molecule has 2 amide bonds. The van der Waals surface area contributed by atoms with Crippen molar-refractivity contribution in [3.8, 4) is 0 Å². The van der Waals surface area contributed by atoms with Gasteiger partial charge in [-0.15, -0.1) is 0 Å². The maximum absolute atomic E-state index is 12.8. The number of amides is 2. The summed E-state index contributed by atoms with van der Waals surface area (Å²) in [4.78, 5) is 26.8. The number of ether oxygens (including phenoxy) is 1. The second-order valence-corrected chi connectivity index (χ2v) is 7.26. The number of rotatable bonds is 10. The van der Waals surface area contributed by atoms with Gasteiger partial charge in [-0.25, -0.2) is 0 Å². The first-order chi connectivity index (χ1) is 13.5. The van der Waals surface area contributed by atoms with Crippen molar-refractivity contribution < 1.29 is 18.7 Å². The van der Waals surface area contributed by atoms with Crippen LogP contribution in [0.3, 0.4) is 0 Å². The molecule has 1 heterocycles. The van der Waals surface area contributed by atoms with Crippen molar-refractivity contribution >= 4 is 33.4 Å². The summed E-state index contributed by atoms with van der Waals surface area (Å²) >= 11 is 3.18. The van der Waals surface area contributed by atoms with Gasteiger partial charge in [-0.05, 0) is 58.6 Å². The summed E-state index contributed by atoms with van der Waals surface area (Å²) in [5, 5.41) is 2.77. The highest BCUT2D eigenvalue weighted by atomic mass is 79.9. The van der Waals surface area contributed by atoms with Gasteiger partial charge in [0, 0.05) is 25.4 Å². The molecule has 0 bridgehead atoms. The quantitative estimate of drug-likeness (QED) is 0.578. The molecule has 1 N–H and O–H groups in total. The summed E-state index contributed by atoms with van der Waals surface area (Å²) in [5.41, 5.74) is 1.54. The minimum atomic E-state index is -0.325. The number of halogens is 1. The molecule has 0 fully saturated rings. The fourth-order valence-corrected chi connectivity index (χ4v) is 3.35. The molecule has 1 aromatic heterocycles. The maximum Gasteiger partial charge on any atom is 0.291 e. The largest absolute Gasteiger partial charge is 0.444 e. The Morgan fingerprint density at radius 2 is 1.82 bits per heavy atom. The molecule has 152 valence electrons. The second kappa shape index (κ2) is 11.0. The molecule has 0 unspecified atom stereocenters. The summed E-state index contributed by atoms with van der Waals surface area (Å²) in [5.74, 6) is -0.0120. The van der Waals surface area contributed by atoms with Crippen molar-refractivity contribution in [3.63, 3.8) is 0 Å². The molecular weight excluding hydrogens is 424 g/mol. The summed E-state index contributed by atoms with van der Waals surface area (Å²) in [6.07, 6.45) is 2.15. The van der Waals surface area contributed by atoms with Crippen molar-refractivity contribution in [3.05, 3.63) is 52.4 Å². The Bertz CT molecular complexity index is 769. The molecule has 28 heavy (non-hydrogen) atoms. The highest BCUT2D eigenvalue weighted by Crippen LogP contribution is 2.17. The highest BCUT2D eigenvalue weighted by molar-refractivity contribution is 9.10. The Kier molecular flexibility index (Phi) is 8.73. The Hall–Kier alpha value is -2.12. The number of benzene rings is 1. The van der Waals surface area contributed by atoms with E-state index in [1.54, 1.807) is 31.4 Å². The van der Waals surface area contributed by atoms with Crippen LogP contribution >= 0.6 is 15.9 Å². The molecule has 0 radical (unpaired) electrons. The van der Waals surface area contributed by atoms with Crippen LogP contribution in [-0.4, -0.2) is 43.0 Å². The van der Waals surface area contributed by atoms with Crippen LogP contribution in [0.25, 0.3) is 0 Å². The summed E-state index contributed by atoms with van der Waals surface area (Å²) < 4.78 is 10.9. The number of hydrogen-bond acceptors (Lipinski definition) is 4. The topological polar surface area (TPSA) is 71.8 Å². The van der Waals surface area contributed by atoms with Crippen molar-refractivity contribution in [2.45, 2.75) is 39.2 Å². The molecule has 7 heteroatoms. The third-order valence-corrected chi connectivity index (χ3v) is 5.03. The zero-order valence-electron chi connectivity index (χ0n) is 16.5. The lowest BCUT2D eigenvalue weighted by atomic mass is 10.1. The maximum atomic E-state index is 12.8. The minimum absolute atomic E-state index is 0.0861.